The topological polar surface area (TPSA) is 92.0 Å². The zero-order valence-electron chi connectivity index (χ0n) is 17.6. The van der Waals surface area contributed by atoms with E-state index in [2.05, 4.69) is 0 Å². The Morgan fingerprint density at radius 2 is 1.56 bits per heavy atom. The largest absolute Gasteiger partial charge is 0.493 e. The van der Waals surface area contributed by atoms with E-state index in [-0.39, 0.29) is 16.0 Å². The van der Waals surface area contributed by atoms with Crippen molar-refractivity contribution in [1.29, 1.82) is 0 Å². The van der Waals surface area contributed by atoms with Gasteiger partial charge in [-0.05, 0) is 55.0 Å². The number of hydrogen-bond acceptors (Lipinski definition) is 7. The molecule has 0 amide bonds. The highest BCUT2D eigenvalue weighted by Gasteiger charge is 2.25. The number of rotatable bonds is 6. The van der Waals surface area contributed by atoms with Crippen molar-refractivity contribution in [3.05, 3.63) is 82.5 Å². The molecular weight excluding hydrogens is 432 g/mol. The summed E-state index contributed by atoms with van der Waals surface area (Å²) < 4.78 is 47.8. The van der Waals surface area contributed by atoms with Crippen molar-refractivity contribution in [2.45, 2.75) is 11.8 Å². The predicted molar refractivity (Wildman–Crippen MR) is 120 cm³/mol. The van der Waals surface area contributed by atoms with Gasteiger partial charge in [0.25, 0.3) is 0 Å². The van der Waals surface area contributed by atoms with E-state index < -0.39 is 21.3 Å². The van der Waals surface area contributed by atoms with Crippen molar-refractivity contribution in [2.24, 2.45) is 0 Å². The number of hydrogen-bond donors (Lipinski definition) is 0. The molecule has 0 aliphatic carbocycles. The number of aryl methyl sites for hydroxylation is 1. The van der Waals surface area contributed by atoms with Crippen LogP contribution in [0, 0.1) is 6.92 Å². The molecule has 0 N–H and O–H groups in total. The van der Waals surface area contributed by atoms with E-state index in [1.54, 1.807) is 54.6 Å². The number of ether oxygens (including phenoxy) is 2. The molecule has 0 fully saturated rings. The van der Waals surface area contributed by atoms with Crippen LogP contribution in [0.2, 0.25) is 0 Å². The van der Waals surface area contributed by atoms with E-state index in [4.69, 9.17) is 18.1 Å². The highest BCUT2D eigenvalue weighted by molar-refractivity contribution is 7.87. The first kappa shape index (κ1) is 21.5. The summed E-state index contributed by atoms with van der Waals surface area (Å²) in [6, 6.07) is 17.5. The molecule has 32 heavy (non-hydrogen) atoms. The molecule has 0 saturated carbocycles. The van der Waals surface area contributed by atoms with Crippen LogP contribution in [0.5, 0.6) is 17.2 Å². The Morgan fingerprint density at radius 1 is 0.844 bits per heavy atom. The predicted octanol–water partition coefficient (Wildman–Crippen LogP) is 4.55. The summed E-state index contributed by atoms with van der Waals surface area (Å²) in [4.78, 5) is 13.2. The van der Waals surface area contributed by atoms with E-state index in [1.807, 2.05) is 6.92 Å². The highest BCUT2D eigenvalue weighted by atomic mass is 32.2. The number of methoxy groups -OCH3 is 2. The molecule has 4 rings (SSSR count). The molecule has 0 unspecified atom stereocenters. The lowest BCUT2D eigenvalue weighted by Gasteiger charge is -2.13. The Bertz CT molecular complexity index is 1460. The SMILES string of the molecule is COc1ccc(-c2oc3cc(C)ccc3c(=O)c2OS(=O)(=O)c2ccccc2)cc1OC. The average Bonchev–Trinajstić information content (AvgIpc) is 2.80. The maximum absolute atomic E-state index is 13.3. The maximum atomic E-state index is 13.3. The molecule has 0 radical (unpaired) electrons. The molecule has 8 heteroatoms. The molecule has 3 aromatic carbocycles. The van der Waals surface area contributed by atoms with Gasteiger partial charge in [-0.3, -0.25) is 4.79 Å². The Morgan fingerprint density at radius 3 is 2.25 bits per heavy atom. The van der Waals surface area contributed by atoms with E-state index >= 15 is 0 Å². The Balaban J connectivity index is 1.98. The van der Waals surface area contributed by atoms with Crippen LogP contribution in [0.3, 0.4) is 0 Å². The smallest absolute Gasteiger partial charge is 0.339 e. The van der Waals surface area contributed by atoms with Gasteiger partial charge in [0, 0.05) is 5.56 Å². The summed E-state index contributed by atoms with van der Waals surface area (Å²) in [5.74, 6) is 0.384. The molecule has 0 spiro atoms. The van der Waals surface area contributed by atoms with Gasteiger partial charge in [0.05, 0.1) is 19.6 Å². The summed E-state index contributed by atoms with van der Waals surface area (Å²) in [6.07, 6.45) is 0. The van der Waals surface area contributed by atoms with E-state index in [9.17, 15) is 13.2 Å². The zero-order valence-corrected chi connectivity index (χ0v) is 18.4. The highest BCUT2D eigenvalue weighted by Crippen LogP contribution is 2.37. The fraction of sp³-hybridized carbons (Fsp3) is 0.125. The molecule has 0 aliphatic rings. The second-order valence-electron chi connectivity index (χ2n) is 7.01. The van der Waals surface area contributed by atoms with Gasteiger partial charge in [-0.2, -0.15) is 8.42 Å². The third-order valence-electron chi connectivity index (χ3n) is 4.88. The van der Waals surface area contributed by atoms with Crippen LogP contribution in [0.15, 0.2) is 80.8 Å². The normalized spacial score (nSPS) is 11.3. The van der Waals surface area contributed by atoms with Crippen molar-refractivity contribution < 1.29 is 26.5 Å². The van der Waals surface area contributed by atoms with E-state index in [0.717, 1.165) is 5.56 Å². The Labute approximate surface area is 184 Å². The van der Waals surface area contributed by atoms with Gasteiger partial charge >= 0.3 is 10.1 Å². The first-order chi connectivity index (χ1) is 15.3. The Hall–Kier alpha value is -3.78. The van der Waals surface area contributed by atoms with Crippen molar-refractivity contribution in [3.63, 3.8) is 0 Å². The van der Waals surface area contributed by atoms with Gasteiger partial charge in [0.2, 0.25) is 11.2 Å². The van der Waals surface area contributed by atoms with Crippen molar-refractivity contribution in [1.82, 2.24) is 0 Å². The quantitative estimate of drug-likeness (QED) is 0.396. The zero-order chi connectivity index (χ0) is 22.9. The second-order valence-corrected chi connectivity index (χ2v) is 8.56. The summed E-state index contributed by atoms with van der Waals surface area (Å²) in [7, 11) is -1.32. The van der Waals surface area contributed by atoms with Crippen LogP contribution >= 0.6 is 0 Å². The second kappa shape index (κ2) is 8.39. The van der Waals surface area contributed by atoms with E-state index in [0.29, 0.717) is 22.6 Å². The first-order valence-electron chi connectivity index (χ1n) is 9.63. The van der Waals surface area contributed by atoms with Crippen LogP contribution in [0.25, 0.3) is 22.3 Å². The average molecular weight is 452 g/mol. The molecule has 7 nitrogen and oxygen atoms in total. The summed E-state index contributed by atoms with van der Waals surface area (Å²) in [5, 5.41) is 0.207. The fourth-order valence-corrected chi connectivity index (χ4v) is 4.23. The molecule has 0 saturated heterocycles. The lowest BCUT2D eigenvalue weighted by atomic mass is 10.1. The van der Waals surface area contributed by atoms with Gasteiger partial charge in [-0.1, -0.05) is 24.3 Å². The van der Waals surface area contributed by atoms with Crippen molar-refractivity contribution in [2.75, 3.05) is 14.2 Å². The van der Waals surface area contributed by atoms with Gasteiger partial charge in [-0.15, -0.1) is 0 Å². The molecule has 1 heterocycles. The standard InChI is InChI=1S/C24H20O7S/c1-15-9-11-18-20(13-15)30-23(16-10-12-19(28-2)21(14-16)29-3)24(22(18)25)31-32(26,27)17-7-5-4-6-8-17/h4-14H,1-3H3. The molecule has 4 aromatic rings. The van der Waals surface area contributed by atoms with Crippen LogP contribution in [0.4, 0.5) is 0 Å². The minimum atomic E-state index is -4.29. The monoisotopic (exact) mass is 452 g/mol. The lowest BCUT2D eigenvalue weighted by molar-refractivity contribution is 0.355. The summed E-state index contributed by atoms with van der Waals surface area (Å²) in [6.45, 7) is 1.86. The first-order valence-corrected chi connectivity index (χ1v) is 11.0. The Kier molecular flexibility index (Phi) is 5.63. The molecule has 0 aliphatic heterocycles. The van der Waals surface area contributed by atoms with Crippen LogP contribution in [-0.4, -0.2) is 22.6 Å². The number of benzene rings is 3. The van der Waals surface area contributed by atoms with Gasteiger partial charge in [0.1, 0.15) is 10.5 Å². The molecule has 0 atom stereocenters. The molecular formula is C24H20O7S. The van der Waals surface area contributed by atoms with Gasteiger partial charge in [0.15, 0.2) is 17.3 Å². The fourth-order valence-electron chi connectivity index (χ4n) is 3.27. The third-order valence-corrected chi connectivity index (χ3v) is 6.11. The van der Waals surface area contributed by atoms with Crippen molar-refractivity contribution >= 4 is 21.1 Å². The van der Waals surface area contributed by atoms with Crippen LogP contribution in [0.1, 0.15) is 5.56 Å². The van der Waals surface area contributed by atoms with E-state index in [1.165, 1.54) is 26.4 Å². The minimum absolute atomic E-state index is 0.0337. The summed E-state index contributed by atoms with van der Waals surface area (Å²) >= 11 is 0. The molecule has 0 bridgehead atoms. The maximum Gasteiger partial charge on any atom is 0.339 e. The molecule has 164 valence electrons. The summed E-state index contributed by atoms with van der Waals surface area (Å²) in [5.41, 5.74) is 0.977. The van der Waals surface area contributed by atoms with Gasteiger partial charge < -0.3 is 18.1 Å². The third kappa shape index (κ3) is 3.92. The lowest BCUT2D eigenvalue weighted by Crippen LogP contribution is -2.17. The molecule has 1 aromatic heterocycles. The van der Waals surface area contributed by atoms with Crippen LogP contribution < -0.4 is 19.1 Å². The van der Waals surface area contributed by atoms with Gasteiger partial charge in [-0.25, -0.2) is 0 Å². The van der Waals surface area contributed by atoms with Crippen LogP contribution in [-0.2, 0) is 10.1 Å². The van der Waals surface area contributed by atoms with Crippen molar-refractivity contribution in [3.8, 4) is 28.6 Å². The number of fused-ring (bicyclic) bond motifs is 1. The minimum Gasteiger partial charge on any atom is -0.493 e.